The molecule has 2 aliphatic heterocycles. The lowest BCUT2D eigenvalue weighted by Gasteiger charge is -2.31. The fourth-order valence-corrected chi connectivity index (χ4v) is 4.20. The van der Waals surface area contributed by atoms with E-state index in [4.69, 9.17) is 0 Å². The van der Waals surface area contributed by atoms with Crippen molar-refractivity contribution in [1.29, 1.82) is 0 Å². The standard InChI is InChI=1S/C21H26FN5O2/c1-13-20(10-24-25-21(13)29)27-11-16-7-15(19(22)8-17(16)12-27)9-23-18-3-5-26(6-4-18)14(2)28/h7-8,10,18,23H,3-6,9,11-12H2,1-2H3,(H,25,29). The second-order valence-corrected chi connectivity index (χ2v) is 7.94. The first-order valence-electron chi connectivity index (χ1n) is 10.0. The molecule has 2 N–H and O–H groups in total. The molecule has 0 unspecified atom stereocenters. The molecule has 0 spiro atoms. The lowest BCUT2D eigenvalue weighted by molar-refractivity contribution is -0.129. The molecule has 3 heterocycles. The van der Waals surface area contributed by atoms with Gasteiger partial charge in [-0.25, -0.2) is 9.49 Å². The van der Waals surface area contributed by atoms with E-state index in [2.05, 4.69) is 20.4 Å². The number of aromatic amines is 1. The van der Waals surface area contributed by atoms with Crippen LogP contribution in [0.3, 0.4) is 0 Å². The number of nitrogens with zero attached hydrogens (tertiary/aromatic N) is 3. The fourth-order valence-electron chi connectivity index (χ4n) is 4.20. The maximum Gasteiger partial charge on any atom is 0.269 e. The van der Waals surface area contributed by atoms with Gasteiger partial charge in [0.05, 0.1) is 11.9 Å². The number of nitrogens with one attached hydrogen (secondary N) is 2. The summed E-state index contributed by atoms with van der Waals surface area (Å²) >= 11 is 0. The van der Waals surface area contributed by atoms with E-state index in [0.29, 0.717) is 36.8 Å². The van der Waals surface area contributed by atoms with Crippen LogP contribution < -0.4 is 15.8 Å². The van der Waals surface area contributed by atoms with Gasteiger partial charge in [-0.3, -0.25) is 9.59 Å². The summed E-state index contributed by atoms with van der Waals surface area (Å²) in [5.41, 5.74) is 3.87. The molecule has 2 aliphatic rings. The van der Waals surface area contributed by atoms with Gasteiger partial charge in [0.2, 0.25) is 5.91 Å². The largest absolute Gasteiger partial charge is 0.361 e. The predicted molar refractivity (Wildman–Crippen MR) is 108 cm³/mol. The first-order valence-corrected chi connectivity index (χ1v) is 10.0. The zero-order valence-electron chi connectivity index (χ0n) is 16.8. The smallest absolute Gasteiger partial charge is 0.269 e. The van der Waals surface area contributed by atoms with E-state index in [1.165, 1.54) is 0 Å². The van der Waals surface area contributed by atoms with Crippen molar-refractivity contribution in [2.45, 2.75) is 52.4 Å². The molecule has 4 rings (SSSR count). The number of carbonyl (C=O) groups excluding carboxylic acids is 1. The molecule has 29 heavy (non-hydrogen) atoms. The summed E-state index contributed by atoms with van der Waals surface area (Å²) in [5.74, 6) is -0.0939. The maximum atomic E-state index is 14.7. The maximum absolute atomic E-state index is 14.7. The number of piperidine rings is 1. The molecule has 2 aromatic rings. The Morgan fingerprint density at radius 2 is 1.97 bits per heavy atom. The quantitative estimate of drug-likeness (QED) is 0.820. The number of benzene rings is 1. The Hall–Kier alpha value is -2.74. The number of fused-ring (bicyclic) bond motifs is 1. The van der Waals surface area contributed by atoms with E-state index in [0.717, 1.165) is 42.7 Å². The third-order valence-electron chi connectivity index (χ3n) is 6.03. The van der Waals surface area contributed by atoms with Crippen molar-refractivity contribution in [3.8, 4) is 0 Å². The Morgan fingerprint density at radius 1 is 1.28 bits per heavy atom. The number of H-pyrrole nitrogens is 1. The highest BCUT2D eigenvalue weighted by atomic mass is 19.1. The molecule has 1 aromatic carbocycles. The summed E-state index contributed by atoms with van der Waals surface area (Å²) in [6, 6.07) is 3.83. The lowest BCUT2D eigenvalue weighted by Crippen LogP contribution is -2.44. The van der Waals surface area contributed by atoms with Gasteiger partial charge in [0.25, 0.3) is 5.56 Å². The third kappa shape index (κ3) is 4.03. The number of hydrogen-bond donors (Lipinski definition) is 2. The minimum absolute atomic E-state index is 0.114. The Bertz CT molecular complexity index is 982. The molecule has 0 saturated carbocycles. The van der Waals surface area contributed by atoms with Crippen LogP contribution >= 0.6 is 0 Å². The number of hydrogen-bond acceptors (Lipinski definition) is 5. The van der Waals surface area contributed by atoms with Crippen molar-refractivity contribution >= 4 is 11.6 Å². The molecule has 0 radical (unpaired) electrons. The molecule has 8 heteroatoms. The van der Waals surface area contributed by atoms with Crippen molar-refractivity contribution in [2.24, 2.45) is 0 Å². The topological polar surface area (TPSA) is 81.3 Å². The van der Waals surface area contributed by atoms with Gasteiger partial charge >= 0.3 is 0 Å². The molecule has 1 amide bonds. The zero-order valence-corrected chi connectivity index (χ0v) is 16.8. The van der Waals surface area contributed by atoms with Crippen LogP contribution in [-0.4, -0.2) is 40.1 Å². The Labute approximate surface area is 168 Å². The first-order chi connectivity index (χ1) is 13.9. The van der Waals surface area contributed by atoms with Crippen molar-refractivity contribution in [3.05, 3.63) is 56.8 Å². The van der Waals surface area contributed by atoms with Crippen LogP contribution in [0.1, 0.15) is 42.0 Å². The number of halogens is 1. The van der Waals surface area contributed by atoms with E-state index < -0.39 is 0 Å². The summed E-state index contributed by atoms with van der Waals surface area (Å²) in [7, 11) is 0. The average Bonchev–Trinajstić information content (AvgIpc) is 3.11. The highest BCUT2D eigenvalue weighted by molar-refractivity contribution is 5.73. The molecule has 0 aliphatic carbocycles. The van der Waals surface area contributed by atoms with Gasteiger partial charge in [-0.05, 0) is 43.0 Å². The molecule has 1 fully saturated rings. The van der Waals surface area contributed by atoms with Crippen LogP contribution in [0.2, 0.25) is 0 Å². The van der Waals surface area contributed by atoms with Gasteiger partial charge in [-0.15, -0.1) is 0 Å². The summed E-state index contributed by atoms with van der Waals surface area (Å²) in [6.45, 7) is 6.53. The number of rotatable bonds is 4. The van der Waals surface area contributed by atoms with E-state index in [9.17, 15) is 14.0 Å². The van der Waals surface area contributed by atoms with Crippen LogP contribution in [0.25, 0.3) is 0 Å². The van der Waals surface area contributed by atoms with Crippen molar-refractivity contribution in [1.82, 2.24) is 20.4 Å². The summed E-state index contributed by atoms with van der Waals surface area (Å²) in [4.78, 5) is 27.2. The van der Waals surface area contributed by atoms with Crippen molar-refractivity contribution in [3.63, 3.8) is 0 Å². The second-order valence-electron chi connectivity index (χ2n) is 7.94. The summed E-state index contributed by atoms with van der Waals surface area (Å²) < 4.78 is 14.7. The highest BCUT2D eigenvalue weighted by Gasteiger charge is 2.24. The first kappa shape index (κ1) is 19.6. The number of anilines is 1. The van der Waals surface area contributed by atoms with Gasteiger partial charge in [-0.1, -0.05) is 0 Å². The minimum atomic E-state index is -0.208. The summed E-state index contributed by atoms with van der Waals surface area (Å²) in [5, 5.41) is 9.78. The van der Waals surface area contributed by atoms with Crippen LogP contribution in [0.5, 0.6) is 0 Å². The number of aromatic nitrogens is 2. The molecule has 0 atom stereocenters. The number of carbonyl (C=O) groups is 1. The Balaban J connectivity index is 1.42. The Kier molecular flexibility index (Phi) is 5.36. The third-order valence-corrected chi connectivity index (χ3v) is 6.03. The lowest BCUT2D eigenvalue weighted by atomic mass is 10.0. The molecular formula is C21H26FN5O2. The molecule has 7 nitrogen and oxygen atoms in total. The van der Waals surface area contributed by atoms with Crippen LogP contribution in [0.15, 0.2) is 23.1 Å². The van der Waals surface area contributed by atoms with Gasteiger partial charge in [0, 0.05) is 56.8 Å². The van der Waals surface area contributed by atoms with E-state index in [1.54, 1.807) is 26.1 Å². The number of likely N-dealkylation sites (tertiary alicyclic amines) is 1. The van der Waals surface area contributed by atoms with E-state index >= 15 is 0 Å². The van der Waals surface area contributed by atoms with Crippen LogP contribution in [-0.2, 0) is 24.4 Å². The van der Waals surface area contributed by atoms with Crippen LogP contribution in [0.4, 0.5) is 10.1 Å². The average molecular weight is 399 g/mol. The second kappa shape index (κ2) is 7.94. The van der Waals surface area contributed by atoms with Gasteiger partial charge < -0.3 is 15.1 Å². The Morgan fingerprint density at radius 3 is 2.66 bits per heavy atom. The predicted octanol–water partition coefficient (Wildman–Crippen LogP) is 1.84. The summed E-state index contributed by atoms with van der Waals surface area (Å²) in [6.07, 6.45) is 3.42. The van der Waals surface area contributed by atoms with E-state index in [-0.39, 0.29) is 17.3 Å². The van der Waals surface area contributed by atoms with Gasteiger partial charge in [0.1, 0.15) is 5.82 Å². The number of amides is 1. The van der Waals surface area contributed by atoms with Gasteiger partial charge in [-0.2, -0.15) is 5.10 Å². The molecule has 1 saturated heterocycles. The SMILES string of the molecule is CC(=O)N1CCC(NCc2cc3c(cc2F)CN(c2cn[nH]c(=O)c2C)C3)CC1. The fraction of sp³-hybridized carbons (Fsp3) is 0.476. The molecule has 154 valence electrons. The molecular weight excluding hydrogens is 373 g/mol. The minimum Gasteiger partial charge on any atom is -0.361 e. The monoisotopic (exact) mass is 399 g/mol. The van der Waals surface area contributed by atoms with Gasteiger partial charge in [0.15, 0.2) is 0 Å². The van der Waals surface area contributed by atoms with E-state index in [1.807, 2.05) is 11.0 Å². The highest BCUT2D eigenvalue weighted by Crippen LogP contribution is 2.30. The normalized spacial score (nSPS) is 16.9. The van der Waals surface area contributed by atoms with Crippen molar-refractivity contribution in [2.75, 3.05) is 18.0 Å². The zero-order chi connectivity index (χ0) is 20.5. The van der Waals surface area contributed by atoms with Crippen molar-refractivity contribution < 1.29 is 9.18 Å². The molecule has 0 bridgehead atoms. The molecule has 1 aromatic heterocycles. The van der Waals surface area contributed by atoms with Crippen LogP contribution in [0, 0.1) is 12.7 Å².